The Morgan fingerprint density at radius 2 is 2.22 bits per heavy atom. The van der Waals surface area contributed by atoms with E-state index in [1.165, 1.54) is 0 Å². The number of hydrogen-bond donors (Lipinski definition) is 1. The van der Waals surface area contributed by atoms with Gasteiger partial charge < -0.3 is 14.7 Å². The van der Waals surface area contributed by atoms with Crippen LogP contribution in [0.25, 0.3) is 0 Å². The topological polar surface area (TPSA) is 69.4 Å². The molecule has 1 saturated heterocycles. The molecule has 0 unspecified atom stereocenters. The van der Waals surface area contributed by atoms with Gasteiger partial charge in [0.1, 0.15) is 11.8 Å². The maximum atomic E-state index is 8.71. The molecule has 18 heavy (non-hydrogen) atoms. The SMILES string of the molecule is N#Cc1ccc(N2CCC(OCCO)CC2)cn1. The van der Waals surface area contributed by atoms with Crippen molar-refractivity contribution in [2.45, 2.75) is 18.9 Å². The molecular formula is C13H17N3O2. The molecule has 0 spiro atoms. The van der Waals surface area contributed by atoms with Gasteiger partial charge in [-0.3, -0.25) is 0 Å². The maximum Gasteiger partial charge on any atom is 0.140 e. The molecule has 1 aromatic rings. The van der Waals surface area contributed by atoms with E-state index in [9.17, 15) is 0 Å². The Bertz CT molecular complexity index is 405. The van der Waals surface area contributed by atoms with Crippen molar-refractivity contribution in [1.82, 2.24) is 4.98 Å². The van der Waals surface area contributed by atoms with Crippen LogP contribution < -0.4 is 4.90 Å². The second-order valence-electron chi connectivity index (χ2n) is 4.29. The van der Waals surface area contributed by atoms with Gasteiger partial charge in [-0.2, -0.15) is 5.26 Å². The van der Waals surface area contributed by atoms with Gasteiger partial charge in [0.15, 0.2) is 0 Å². The van der Waals surface area contributed by atoms with Crippen molar-refractivity contribution in [3.63, 3.8) is 0 Å². The summed E-state index contributed by atoms with van der Waals surface area (Å²) in [4.78, 5) is 6.32. The third-order valence-corrected chi connectivity index (χ3v) is 3.11. The van der Waals surface area contributed by atoms with Crippen molar-refractivity contribution < 1.29 is 9.84 Å². The summed E-state index contributed by atoms with van der Waals surface area (Å²) in [6, 6.07) is 5.68. The van der Waals surface area contributed by atoms with Gasteiger partial charge in [0.2, 0.25) is 0 Å². The number of nitriles is 1. The average Bonchev–Trinajstić information content (AvgIpc) is 2.46. The molecule has 1 aromatic heterocycles. The van der Waals surface area contributed by atoms with Crippen LogP contribution in [0, 0.1) is 11.3 Å². The zero-order chi connectivity index (χ0) is 12.8. The molecule has 0 radical (unpaired) electrons. The molecule has 5 nitrogen and oxygen atoms in total. The largest absolute Gasteiger partial charge is 0.394 e. The highest BCUT2D eigenvalue weighted by Crippen LogP contribution is 2.20. The number of nitrogens with zero attached hydrogens (tertiary/aromatic N) is 3. The predicted molar refractivity (Wildman–Crippen MR) is 67.2 cm³/mol. The lowest BCUT2D eigenvalue weighted by molar-refractivity contribution is 0.0159. The minimum atomic E-state index is 0.0831. The van der Waals surface area contributed by atoms with Gasteiger partial charge >= 0.3 is 0 Å². The zero-order valence-corrected chi connectivity index (χ0v) is 10.2. The Morgan fingerprint density at radius 3 is 2.78 bits per heavy atom. The monoisotopic (exact) mass is 247 g/mol. The fourth-order valence-corrected chi connectivity index (χ4v) is 2.14. The molecule has 0 atom stereocenters. The maximum absolute atomic E-state index is 8.71. The minimum absolute atomic E-state index is 0.0831. The fraction of sp³-hybridized carbons (Fsp3) is 0.538. The summed E-state index contributed by atoms with van der Waals surface area (Å²) in [5.74, 6) is 0. The number of ether oxygens (including phenoxy) is 1. The first-order chi connectivity index (χ1) is 8.83. The van der Waals surface area contributed by atoms with Crippen LogP contribution in [0.5, 0.6) is 0 Å². The predicted octanol–water partition coefficient (Wildman–Crippen LogP) is 0.931. The van der Waals surface area contributed by atoms with E-state index in [-0.39, 0.29) is 12.7 Å². The van der Waals surface area contributed by atoms with Crippen LogP contribution in [0.2, 0.25) is 0 Å². The molecule has 2 rings (SSSR count). The van der Waals surface area contributed by atoms with Gasteiger partial charge in [0.25, 0.3) is 0 Å². The first-order valence-electron chi connectivity index (χ1n) is 6.17. The van der Waals surface area contributed by atoms with Crippen molar-refractivity contribution in [3.8, 4) is 6.07 Å². The number of piperidine rings is 1. The molecule has 1 aliphatic heterocycles. The van der Waals surface area contributed by atoms with Crippen LogP contribution in [0.3, 0.4) is 0 Å². The molecule has 0 aliphatic carbocycles. The number of aromatic nitrogens is 1. The number of anilines is 1. The number of hydrogen-bond acceptors (Lipinski definition) is 5. The number of rotatable bonds is 4. The molecular weight excluding hydrogens is 230 g/mol. The molecule has 0 amide bonds. The van der Waals surface area contributed by atoms with Crippen molar-refractivity contribution in [3.05, 3.63) is 24.0 Å². The highest BCUT2D eigenvalue weighted by molar-refractivity contribution is 5.46. The normalized spacial score (nSPS) is 16.6. The van der Waals surface area contributed by atoms with Gasteiger partial charge in [0, 0.05) is 13.1 Å². The summed E-state index contributed by atoms with van der Waals surface area (Å²) in [5.41, 5.74) is 1.49. The van der Waals surface area contributed by atoms with E-state index in [1.54, 1.807) is 12.3 Å². The Hall–Kier alpha value is -1.64. The fourth-order valence-electron chi connectivity index (χ4n) is 2.14. The van der Waals surface area contributed by atoms with Gasteiger partial charge in [-0.05, 0) is 25.0 Å². The first kappa shape index (κ1) is 12.8. The highest BCUT2D eigenvalue weighted by Gasteiger charge is 2.19. The lowest BCUT2D eigenvalue weighted by Crippen LogP contribution is -2.37. The molecule has 2 heterocycles. The Labute approximate surface area is 107 Å². The number of aliphatic hydroxyl groups is 1. The minimum Gasteiger partial charge on any atom is -0.394 e. The van der Waals surface area contributed by atoms with Crippen LogP contribution >= 0.6 is 0 Å². The lowest BCUT2D eigenvalue weighted by atomic mass is 10.1. The van der Waals surface area contributed by atoms with Crippen LogP contribution in [0.15, 0.2) is 18.3 Å². The van der Waals surface area contributed by atoms with E-state index in [0.29, 0.717) is 12.3 Å². The van der Waals surface area contributed by atoms with Crippen LogP contribution in [0.1, 0.15) is 18.5 Å². The van der Waals surface area contributed by atoms with Crippen LogP contribution in [-0.4, -0.2) is 42.5 Å². The van der Waals surface area contributed by atoms with Crippen molar-refractivity contribution in [2.24, 2.45) is 0 Å². The summed E-state index contributed by atoms with van der Waals surface area (Å²) in [5, 5.41) is 17.4. The molecule has 1 fully saturated rings. The summed E-state index contributed by atoms with van der Waals surface area (Å²) in [7, 11) is 0. The molecule has 96 valence electrons. The zero-order valence-electron chi connectivity index (χ0n) is 10.2. The molecule has 5 heteroatoms. The van der Waals surface area contributed by atoms with Crippen molar-refractivity contribution in [1.29, 1.82) is 5.26 Å². The highest BCUT2D eigenvalue weighted by atomic mass is 16.5. The van der Waals surface area contributed by atoms with Gasteiger partial charge in [-0.15, -0.1) is 0 Å². The Balaban J connectivity index is 1.87. The smallest absolute Gasteiger partial charge is 0.140 e. The average molecular weight is 247 g/mol. The van der Waals surface area contributed by atoms with E-state index in [2.05, 4.69) is 9.88 Å². The third-order valence-electron chi connectivity index (χ3n) is 3.11. The standard InChI is InChI=1S/C13H17N3O2/c14-9-11-1-2-12(10-15-11)16-5-3-13(4-6-16)18-8-7-17/h1-2,10,13,17H,3-8H2. The van der Waals surface area contributed by atoms with E-state index in [1.807, 2.05) is 12.1 Å². The molecule has 1 N–H and O–H groups in total. The second-order valence-corrected chi connectivity index (χ2v) is 4.29. The van der Waals surface area contributed by atoms with Crippen LogP contribution in [-0.2, 0) is 4.74 Å². The molecule has 1 aliphatic rings. The summed E-state index contributed by atoms with van der Waals surface area (Å²) >= 11 is 0. The van der Waals surface area contributed by atoms with E-state index >= 15 is 0 Å². The Morgan fingerprint density at radius 1 is 1.44 bits per heavy atom. The van der Waals surface area contributed by atoms with E-state index in [0.717, 1.165) is 31.6 Å². The Kier molecular flexibility index (Phi) is 4.51. The first-order valence-corrected chi connectivity index (χ1v) is 6.17. The van der Waals surface area contributed by atoms with Gasteiger partial charge in [-0.1, -0.05) is 0 Å². The van der Waals surface area contributed by atoms with Crippen molar-refractivity contribution >= 4 is 5.69 Å². The summed E-state index contributed by atoms with van der Waals surface area (Å²) < 4.78 is 5.52. The summed E-state index contributed by atoms with van der Waals surface area (Å²) in [6.45, 7) is 2.34. The van der Waals surface area contributed by atoms with Crippen LogP contribution in [0.4, 0.5) is 5.69 Å². The van der Waals surface area contributed by atoms with E-state index < -0.39 is 0 Å². The summed E-state index contributed by atoms with van der Waals surface area (Å²) in [6.07, 6.45) is 3.91. The lowest BCUT2D eigenvalue weighted by Gasteiger charge is -2.33. The second kappa shape index (κ2) is 6.34. The van der Waals surface area contributed by atoms with E-state index in [4.69, 9.17) is 15.1 Å². The van der Waals surface area contributed by atoms with Gasteiger partial charge in [0.05, 0.1) is 31.2 Å². The quantitative estimate of drug-likeness (QED) is 0.857. The van der Waals surface area contributed by atoms with Crippen molar-refractivity contribution in [2.75, 3.05) is 31.2 Å². The molecule has 0 bridgehead atoms. The number of aliphatic hydroxyl groups excluding tert-OH is 1. The molecule has 0 saturated carbocycles. The molecule has 0 aromatic carbocycles. The van der Waals surface area contributed by atoms with Gasteiger partial charge in [-0.25, -0.2) is 4.98 Å². The number of pyridine rings is 1. The third kappa shape index (κ3) is 3.19.